The Morgan fingerprint density at radius 1 is 0.525 bits per heavy atom. The zero-order valence-corrected chi connectivity index (χ0v) is 22.6. The Morgan fingerprint density at radius 2 is 0.950 bits per heavy atom. The molecule has 0 amide bonds. The van der Waals surface area contributed by atoms with Gasteiger partial charge in [0.2, 0.25) is 0 Å². The first-order valence-electron chi connectivity index (χ1n) is 13.7. The molecule has 1 unspecified atom stereocenters. The molecule has 0 radical (unpaired) electrons. The number of hydrogen-bond acceptors (Lipinski definition) is 5. The van der Waals surface area contributed by atoms with Crippen LogP contribution in [0.3, 0.4) is 0 Å². The van der Waals surface area contributed by atoms with E-state index in [2.05, 4.69) is 6.58 Å². The molecule has 0 N–H and O–H groups in total. The monoisotopic (exact) mass is 536 g/mol. The van der Waals surface area contributed by atoms with Crippen molar-refractivity contribution in [3.05, 3.63) is 156 Å². The number of ether oxygens (including phenoxy) is 5. The smallest absolute Gasteiger partial charge is 0.183 e. The number of hydrogen-bond donors (Lipinski definition) is 0. The quantitative estimate of drug-likeness (QED) is 0.175. The third kappa shape index (κ3) is 7.98. The Labute approximate surface area is 236 Å². The summed E-state index contributed by atoms with van der Waals surface area (Å²) >= 11 is 0. The lowest BCUT2D eigenvalue weighted by Crippen LogP contribution is -2.54. The van der Waals surface area contributed by atoms with Gasteiger partial charge in [0.25, 0.3) is 0 Å². The summed E-state index contributed by atoms with van der Waals surface area (Å²) < 4.78 is 31.9. The highest BCUT2D eigenvalue weighted by atomic mass is 16.7. The van der Waals surface area contributed by atoms with Gasteiger partial charge in [-0.2, -0.15) is 0 Å². The van der Waals surface area contributed by atoms with Crippen molar-refractivity contribution in [2.75, 3.05) is 6.61 Å². The fourth-order valence-corrected chi connectivity index (χ4v) is 4.68. The topological polar surface area (TPSA) is 46.2 Å². The summed E-state index contributed by atoms with van der Waals surface area (Å²) in [7, 11) is 0. The minimum atomic E-state index is -0.664. The fourth-order valence-electron chi connectivity index (χ4n) is 4.68. The van der Waals surface area contributed by atoms with Crippen LogP contribution >= 0.6 is 0 Å². The van der Waals surface area contributed by atoms with Crippen LogP contribution < -0.4 is 0 Å². The molecule has 206 valence electrons. The molecule has 0 aliphatic carbocycles. The maximum atomic E-state index is 6.52. The van der Waals surface area contributed by atoms with E-state index in [-0.39, 0.29) is 0 Å². The predicted molar refractivity (Wildman–Crippen MR) is 155 cm³/mol. The minimum Gasteiger partial charge on any atom is -0.374 e. The summed E-state index contributed by atoms with van der Waals surface area (Å²) in [5, 5.41) is 0. The van der Waals surface area contributed by atoms with Crippen LogP contribution in [-0.4, -0.2) is 31.2 Å². The average Bonchev–Trinajstić information content (AvgIpc) is 3.01. The summed E-state index contributed by atoms with van der Waals surface area (Å²) in [5.74, 6) is 0. The van der Waals surface area contributed by atoms with Gasteiger partial charge in [-0.25, -0.2) is 0 Å². The van der Waals surface area contributed by atoms with Gasteiger partial charge in [0.15, 0.2) is 6.29 Å². The lowest BCUT2D eigenvalue weighted by atomic mass is 9.96. The van der Waals surface area contributed by atoms with Crippen LogP contribution in [0.25, 0.3) is 0 Å². The number of benzene rings is 4. The fraction of sp³-hybridized carbons (Fsp3) is 0.257. The molecular formula is C35H36O5. The Kier molecular flexibility index (Phi) is 10.3. The summed E-state index contributed by atoms with van der Waals surface area (Å²) in [6, 6.07) is 40.3. The largest absolute Gasteiger partial charge is 0.374 e. The highest BCUT2D eigenvalue weighted by molar-refractivity contribution is 5.19. The lowest BCUT2D eigenvalue weighted by molar-refractivity contribution is -0.252. The summed E-state index contributed by atoms with van der Waals surface area (Å²) in [6.45, 7) is 6.38. The first-order valence-corrected chi connectivity index (χ1v) is 13.7. The molecule has 4 atom stereocenters. The summed E-state index contributed by atoms with van der Waals surface area (Å²) in [4.78, 5) is 0. The highest BCUT2D eigenvalue weighted by Gasteiger charge is 2.43. The molecule has 1 fully saturated rings. The molecule has 40 heavy (non-hydrogen) atoms. The van der Waals surface area contributed by atoms with Gasteiger partial charge in [0.05, 0.1) is 33.0 Å². The van der Waals surface area contributed by atoms with Crippen LogP contribution in [-0.2, 0) is 50.1 Å². The van der Waals surface area contributed by atoms with Crippen molar-refractivity contribution in [2.24, 2.45) is 0 Å². The zero-order valence-electron chi connectivity index (χ0n) is 22.6. The zero-order chi connectivity index (χ0) is 27.4. The molecule has 1 heterocycles. The molecule has 0 spiro atoms. The molecule has 5 rings (SSSR count). The van der Waals surface area contributed by atoms with Crippen LogP contribution in [0.15, 0.2) is 133 Å². The van der Waals surface area contributed by atoms with Crippen molar-refractivity contribution in [1.29, 1.82) is 0 Å². The Bertz CT molecular complexity index is 1280. The van der Waals surface area contributed by atoms with E-state index in [1.54, 1.807) is 0 Å². The van der Waals surface area contributed by atoms with E-state index in [1.165, 1.54) is 0 Å². The molecular weight excluding hydrogens is 500 g/mol. The van der Waals surface area contributed by atoms with Crippen molar-refractivity contribution < 1.29 is 23.7 Å². The highest BCUT2D eigenvalue weighted by Crippen LogP contribution is 2.32. The Balaban J connectivity index is 1.35. The second kappa shape index (κ2) is 14.7. The van der Waals surface area contributed by atoms with Gasteiger partial charge in [0, 0.05) is 5.57 Å². The van der Waals surface area contributed by atoms with E-state index in [9.17, 15) is 0 Å². The molecule has 0 bridgehead atoms. The molecule has 1 saturated heterocycles. The van der Waals surface area contributed by atoms with Crippen LogP contribution in [0.4, 0.5) is 0 Å². The molecule has 4 aromatic rings. The SMILES string of the molecule is C=C1C(OCc2ccccc2)O[C@H](COCc2ccccc2)[C@@H](OCc2ccccc2)[C@@H]1OCc1ccccc1. The Morgan fingerprint density at radius 3 is 1.45 bits per heavy atom. The van der Waals surface area contributed by atoms with Gasteiger partial charge in [-0.05, 0) is 22.3 Å². The van der Waals surface area contributed by atoms with E-state index in [0.717, 1.165) is 22.3 Å². The van der Waals surface area contributed by atoms with Crippen molar-refractivity contribution >= 4 is 0 Å². The summed E-state index contributed by atoms with van der Waals surface area (Å²) in [5.41, 5.74) is 4.99. The minimum absolute atomic E-state index is 0.317. The Hall–Kier alpha value is -3.58. The van der Waals surface area contributed by atoms with Gasteiger partial charge < -0.3 is 23.7 Å². The van der Waals surface area contributed by atoms with Gasteiger partial charge in [-0.1, -0.05) is 128 Å². The van der Waals surface area contributed by atoms with E-state index >= 15 is 0 Å². The lowest BCUT2D eigenvalue weighted by Gasteiger charge is -2.42. The molecule has 1 aliphatic heterocycles. The van der Waals surface area contributed by atoms with Crippen LogP contribution in [0.5, 0.6) is 0 Å². The molecule has 5 nitrogen and oxygen atoms in total. The predicted octanol–water partition coefficient (Wildman–Crippen LogP) is 6.87. The third-order valence-electron chi connectivity index (χ3n) is 6.83. The van der Waals surface area contributed by atoms with Gasteiger partial charge in [-0.3, -0.25) is 0 Å². The molecule has 1 aliphatic rings. The second-order valence-electron chi connectivity index (χ2n) is 9.86. The summed E-state index contributed by atoms with van der Waals surface area (Å²) in [6.07, 6.45) is -1.99. The second-order valence-corrected chi connectivity index (χ2v) is 9.86. The molecule has 4 aromatic carbocycles. The van der Waals surface area contributed by atoms with Crippen molar-refractivity contribution in [1.82, 2.24) is 0 Å². The van der Waals surface area contributed by atoms with Crippen molar-refractivity contribution in [2.45, 2.75) is 51.0 Å². The normalized spacial score (nSPS) is 20.9. The molecule has 0 saturated carbocycles. The van der Waals surface area contributed by atoms with E-state index in [1.807, 2.05) is 121 Å². The first-order chi connectivity index (χ1) is 19.8. The third-order valence-corrected chi connectivity index (χ3v) is 6.83. The van der Waals surface area contributed by atoms with Crippen molar-refractivity contribution in [3.63, 3.8) is 0 Å². The van der Waals surface area contributed by atoms with Crippen LogP contribution in [0, 0.1) is 0 Å². The molecule has 5 heteroatoms. The van der Waals surface area contributed by atoms with Gasteiger partial charge in [0.1, 0.15) is 18.3 Å². The maximum Gasteiger partial charge on any atom is 0.183 e. The van der Waals surface area contributed by atoms with Crippen LogP contribution in [0.2, 0.25) is 0 Å². The first kappa shape index (κ1) is 28.0. The van der Waals surface area contributed by atoms with Gasteiger partial charge >= 0.3 is 0 Å². The average molecular weight is 537 g/mol. The maximum absolute atomic E-state index is 6.52. The van der Waals surface area contributed by atoms with E-state index < -0.39 is 24.6 Å². The van der Waals surface area contributed by atoms with Crippen molar-refractivity contribution in [3.8, 4) is 0 Å². The molecule has 0 aromatic heterocycles. The van der Waals surface area contributed by atoms with E-state index in [0.29, 0.717) is 38.6 Å². The van der Waals surface area contributed by atoms with E-state index in [4.69, 9.17) is 23.7 Å². The number of rotatable bonds is 13. The van der Waals surface area contributed by atoms with Crippen LogP contribution in [0.1, 0.15) is 22.3 Å². The standard InChI is InChI=1S/C35H36O5/c1-27-33(37-23-29-16-8-3-9-17-29)34(38-24-30-18-10-4-11-19-30)32(26-36-22-28-14-6-2-7-15-28)40-35(27)39-25-31-20-12-5-13-21-31/h2-21,32-35H,1,22-26H2/t32-,33-,34-,35?/m1/s1. The van der Waals surface area contributed by atoms with Gasteiger partial charge in [-0.15, -0.1) is 0 Å².